The number of anilines is 1. The zero-order chi connectivity index (χ0) is 10.8. The molecule has 78 valence electrons. The molecular formula is C8H12N2O3S. The summed E-state index contributed by atoms with van der Waals surface area (Å²) in [6.07, 6.45) is 0. The fourth-order valence-electron chi connectivity index (χ4n) is 1.00. The highest BCUT2D eigenvalue weighted by Crippen LogP contribution is 2.17. The first kappa shape index (κ1) is 11.0. The van der Waals surface area contributed by atoms with Gasteiger partial charge in [0.05, 0.1) is 11.5 Å². The molecule has 0 aliphatic rings. The number of sulfonamides is 1. The minimum absolute atomic E-state index is 0.0956. The summed E-state index contributed by atoms with van der Waals surface area (Å²) >= 11 is 0. The molecule has 14 heavy (non-hydrogen) atoms. The molecule has 0 radical (unpaired) electrons. The van der Waals surface area contributed by atoms with E-state index in [0.717, 1.165) is 0 Å². The third kappa shape index (κ3) is 2.03. The lowest BCUT2D eigenvalue weighted by Gasteiger charge is -2.06. The number of aliphatic hydroxyl groups excluding tert-OH is 1. The normalized spacial score (nSPS) is 11.6. The van der Waals surface area contributed by atoms with Crippen molar-refractivity contribution in [2.45, 2.75) is 11.5 Å². The Morgan fingerprint density at radius 2 is 2.14 bits per heavy atom. The number of aliphatic hydroxyl groups is 1. The molecular weight excluding hydrogens is 204 g/mol. The van der Waals surface area contributed by atoms with Gasteiger partial charge in [-0.2, -0.15) is 0 Å². The quantitative estimate of drug-likeness (QED) is 0.603. The van der Waals surface area contributed by atoms with Gasteiger partial charge in [0.15, 0.2) is 0 Å². The number of hydrogen-bond donors (Lipinski definition) is 3. The van der Waals surface area contributed by atoms with Crippen LogP contribution in [0.25, 0.3) is 0 Å². The molecule has 6 heteroatoms. The molecule has 0 aliphatic carbocycles. The average Bonchev–Trinajstić information content (AvgIpc) is 2.18. The van der Waals surface area contributed by atoms with E-state index < -0.39 is 10.0 Å². The molecule has 0 atom stereocenters. The molecule has 5 nitrogen and oxygen atoms in total. The van der Waals surface area contributed by atoms with Gasteiger partial charge in [0, 0.05) is 11.3 Å². The maximum absolute atomic E-state index is 11.3. The topological polar surface area (TPSA) is 92.4 Å². The van der Waals surface area contributed by atoms with Crippen LogP contribution in [-0.4, -0.2) is 20.6 Å². The Morgan fingerprint density at radius 1 is 1.50 bits per heavy atom. The van der Waals surface area contributed by atoms with E-state index in [1.807, 2.05) is 0 Å². The van der Waals surface area contributed by atoms with Gasteiger partial charge in [-0.15, -0.1) is 0 Å². The van der Waals surface area contributed by atoms with E-state index in [0.29, 0.717) is 11.3 Å². The van der Waals surface area contributed by atoms with Crippen LogP contribution in [0.4, 0.5) is 5.69 Å². The van der Waals surface area contributed by atoms with E-state index >= 15 is 0 Å². The van der Waals surface area contributed by atoms with Crippen LogP contribution in [0.3, 0.4) is 0 Å². The Bertz CT molecular complexity index is 428. The van der Waals surface area contributed by atoms with Crippen LogP contribution in [0.15, 0.2) is 23.1 Å². The fourth-order valence-corrected chi connectivity index (χ4v) is 1.78. The van der Waals surface area contributed by atoms with Gasteiger partial charge in [0.2, 0.25) is 10.0 Å². The summed E-state index contributed by atoms with van der Waals surface area (Å²) in [4.78, 5) is 0.0956. The molecule has 0 aromatic heterocycles. The minimum Gasteiger partial charge on any atom is -0.398 e. The molecule has 0 saturated carbocycles. The first-order valence-corrected chi connectivity index (χ1v) is 5.42. The van der Waals surface area contributed by atoms with Gasteiger partial charge in [0.25, 0.3) is 0 Å². The SMILES string of the molecule is CNS(=O)(=O)c1ccc(N)c(CO)c1. The molecule has 0 amide bonds. The van der Waals surface area contributed by atoms with Gasteiger partial charge in [-0.3, -0.25) is 0 Å². The standard InChI is InChI=1S/C8H12N2O3S/c1-10-14(12,13)7-2-3-8(9)6(4-7)5-11/h2-4,10-11H,5,9H2,1H3. The van der Waals surface area contributed by atoms with E-state index in [4.69, 9.17) is 10.8 Å². The maximum atomic E-state index is 11.3. The summed E-state index contributed by atoms with van der Waals surface area (Å²) in [5, 5.41) is 8.89. The summed E-state index contributed by atoms with van der Waals surface area (Å²) in [5.74, 6) is 0. The Morgan fingerprint density at radius 3 is 2.64 bits per heavy atom. The predicted molar refractivity (Wildman–Crippen MR) is 53.0 cm³/mol. The number of hydrogen-bond acceptors (Lipinski definition) is 4. The highest BCUT2D eigenvalue weighted by atomic mass is 32.2. The van der Waals surface area contributed by atoms with Crippen molar-refractivity contribution in [2.24, 2.45) is 0 Å². The van der Waals surface area contributed by atoms with E-state index in [1.54, 1.807) is 0 Å². The molecule has 1 aromatic rings. The van der Waals surface area contributed by atoms with Crippen molar-refractivity contribution in [3.05, 3.63) is 23.8 Å². The highest BCUT2D eigenvalue weighted by molar-refractivity contribution is 7.89. The number of benzene rings is 1. The van der Waals surface area contributed by atoms with Crippen LogP contribution in [0, 0.1) is 0 Å². The molecule has 0 bridgehead atoms. The molecule has 0 fully saturated rings. The minimum atomic E-state index is -3.46. The third-order valence-electron chi connectivity index (χ3n) is 1.86. The molecule has 0 aliphatic heterocycles. The summed E-state index contributed by atoms with van der Waals surface area (Å²) in [6.45, 7) is -0.279. The zero-order valence-corrected chi connectivity index (χ0v) is 8.50. The molecule has 0 heterocycles. The molecule has 1 aromatic carbocycles. The summed E-state index contributed by atoms with van der Waals surface area (Å²) < 4.78 is 24.9. The van der Waals surface area contributed by atoms with Crippen LogP contribution in [0.5, 0.6) is 0 Å². The molecule has 0 saturated heterocycles. The number of nitrogens with one attached hydrogen (secondary N) is 1. The smallest absolute Gasteiger partial charge is 0.240 e. The first-order chi connectivity index (χ1) is 6.51. The van der Waals surface area contributed by atoms with Gasteiger partial charge in [-0.25, -0.2) is 13.1 Å². The molecule has 1 rings (SSSR count). The van der Waals surface area contributed by atoms with Crippen LogP contribution < -0.4 is 10.5 Å². The van der Waals surface area contributed by atoms with E-state index in [2.05, 4.69) is 4.72 Å². The lowest BCUT2D eigenvalue weighted by atomic mass is 10.2. The lowest BCUT2D eigenvalue weighted by Crippen LogP contribution is -2.18. The summed E-state index contributed by atoms with van der Waals surface area (Å²) in [5.41, 5.74) is 6.29. The van der Waals surface area contributed by atoms with Gasteiger partial charge in [-0.05, 0) is 25.2 Å². The largest absolute Gasteiger partial charge is 0.398 e. The van der Waals surface area contributed by atoms with E-state index in [-0.39, 0.29) is 11.5 Å². The number of rotatable bonds is 3. The second-order valence-electron chi connectivity index (χ2n) is 2.73. The van der Waals surface area contributed by atoms with Crippen molar-refractivity contribution in [3.63, 3.8) is 0 Å². The monoisotopic (exact) mass is 216 g/mol. The second kappa shape index (κ2) is 3.95. The molecule has 4 N–H and O–H groups in total. The van der Waals surface area contributed by atoms with Crippen molar-refractivity contribution in [1.29, 1.82) is 0 Å². The second-order valence-corrected chi connectivity index (χ2v) is 4.61. The molecule has 0 unspecified atom stereocenters. The van der Waals surface area contributed by atoms with Gasteiger partial charge < -0.3 is 10.8 Å². The Labute approximate surface area is 82.6 Å². The van der Waals surface area contributed by atoms with E-state index in [1.165, 1.54) is 25.2 Å². The Hall–Kier alpha value is -1.11. The number of nitrogen functional groups attached to an aromatic ring is 1. The zero-order valence-electron chi connectivity index (χ0n) is 7.69. The summed E-state index contributed by atoms with van der Waals surface area (Å²) in [6, 6.07) is 4.19. The van der Waals surface area contributed by atoms with Crippen LogP contribution >= 0.6 is 0 Å². The third-order valence-corrected chi connectivity index (χ3v) is 3.28. The van der Waals surface area contributed by atoms with Gasteiger partial charge in [-0.1, -0.05) is 0 Å². The van der Waals surface area contributed by atoms with Gasteiger partial charge in [0.1, 0.15) is 0 Å². The van der Waals surface area contributed by atoms with Crippen molar-refractivity contribution >= 4 is 15.7 Å². The van der Waals surface area contributed by atoms with Crippen LogP contribution in [0.1, 0.15) is 5.56 Å². The van der Waals surface area contributed by atoms with Crippen molar-refractivity contribution in [3.8, 4) is 0 Å². The molecule has 0 spiro atoms. The fraction of sp³-hybridized carbons (Fsp3) is 0.250. The Kier molecular flexibility index (Phi) is 3.10. The number of nitrogens with two attached hydrogens (primary N) is 1. The lowest BCUT2D eigenvalue weighted by molar-refractivity contribution is 0.282. The van der Waals surface area contributed by atoms with Crippen LogP contribution in [-0.2, 0) is 16.6 Å². The van der Waals surface area contributed by atoms with Crippen molar-refractivity contribution in [2.75, 3.05) is 12.8 Å². The van der Waals surface area contributed by atoms with Gasteiger partial charge >= 0.3 is 0 Å². The first-order valence-electron chi connectivity index (χ1n) is 3.94. The van der Waals surface area contributed by atoms with Crippen molar-refractivity contribution in [1.82, 2.24) is 4.72 Å². The Balaban J connectivity index is 3.26. The predicted octanol–water partition coefficient (Wildman–Crippen LogP) is -0.331. The average molecular weight is 216 g/mol. The van der Waals surface area contributed by atoms with E-state index in [9.17, 15) is 8.42 Å². The highest BCUT2D eigenvalue weighted by Gasteiger charge is 2.12. The maximum Gasteiger partial charge on any atom is 0.240 e. The van der Waals surface area contributed by atoms with Crippen LogP contribution in [0.2, 0.25) is 0 Å². The van der Waals surface area contributed by atoms with Crippen molar-refractivity contribution < 1.29 is 13.5 Å². The summed E-state index contributed by atoms with van der Waals surface area (Å²) in [7, 11) is -2.14.